The highest BCUT2D eigenvalue weighted by Gasteiger charge is 2.31. The third-order valence-corrected chi connectivity index (χ3v) is 5.28. The lowest BCUT2D eigenvalue weighted by Crippen LogP contribution is -2.44. The Labute approximate surface area is 117 Å². The van der Waals surface area contributed by atoms with Gasteiger partial charge >= 0.3 is 0 Å². The van der Waals surface area contributed by atoms with E-state index >= 15 is 0 Å². The first-order valence-corrected chi connectivity index (χ1v) is 8.15. The largest absolute Gasteiger partial charge is 0.310 e. The summed E-state index contributed by atoms with van der Waals surface area (Å²) in [4.78, 5) is 0. The van der Waals surface area contributed by atoms with Crippen molar-refractivity contribution in [3.63, 3.8) is 0 Å². The summed E-state index contributed by atoms with van der Waals surface area (Å²) in [5.41, 5.74) is 1.55. The molecule has 0 bridgehead atoms. The van der Waals surface area contributed by atoms with Gasteiger partial charge in [-0.25, -0.2) is 0 Å². The number of hydrogen-bond donors (Lipinski definition) is 1. The topological polar surface area (TPSA) is 12.0 Å². The Bertz CT molecular complexity index is 386. The average Bonchev–Trinajstić information content (AvgIpc) is 2.86. The van der Waals surface area contributed by atoms with Crippen molar-refractivity contribution in [2.45, 2.75) is 69.9 Å². The minimum Gasteiger partial charge on any atom is -0.310 e. The molecule has 1 heteroatoms. The lowest BCUT2D eigenvalue weighted by molar-refractivity contribution is 0.278. The molecule has 1 nitrogen and oxygen atoms in total. The van der Waals surface area contributed by atoms with E-state index in [0.717, 1.165) is 17.9 Å². The quantitative estimate of drug-likeness (QED) is 0.841. The van der Waals surface area contributed by atoms with E-state index in [4.69, 9.17) is 0 Å². The van der Waals surface area contributed by atoms with Crippen molar-refractivity contribution < 1.29 is 0 Å². The molecular weight excluding hydrogens is 230 g/mol. The van der Waals surface area contributed by atoms with Gasteiger partial charge in [0.05, 0.1) is 0 Å². The number of hydrogen-bond acceptors (Lipinski definition) is 1. The summed E-state index contributed by atoms with van der Waals surface area (Å²) in [5.74, 6) is 1.61. The Morgan fingerprint density at radius 3 is 2.32 bits per heavy atom. The first-order valence-electron chi connectivity index (χ1n) is 8.15. The number of rotatable bonds is 3. The van der Waals surface area contributed by atoms with Gasteiger partial charge in [0, 0.05) is 12.1 Å². The van der Waals surface area contributed by atoms with E-state index in [1.54, 1.807) is 5.56 Å². The van der Waals surface area contributed by atoms with Gasteiger partial charge < -0.3 is 5.32 Å². The molecule has 0 saturated heterocycles. The molecule has 4 atom stereocenters. The fourth-order valence-electron chi connectivity index (χ4n) is 4.10. The standard InChI is InChI=1S/C18H27N/c1-14-8-7-13-17(14)19-18-12-6-5-11-16(18)15-9-3-2-4-10-15/h2-4,9-10,14,16-19H,5-8,11-13H2,1H3. The second kappa shape index (κ2) is 6.09. The first kappa shape index (κ1) is 13.2. The van der Waals surface area contributed by atoms with Crippen LogP contribution >= 0.6 is 0 Å². The van der Waals surface area contributed by atoms with Gasteiger partial charge in [-0.05, 0) is 43.1 Å². The zero-order valence-corrected chi connectivity index (χ0v) is 12.1. The minimum atomic E-state index is 0.710. The summed E-state index contributed by atoms with van der Waals surface area (Å²) >= 11 is 0. The Kier molecular flexibility index (Phi) is 4.22. The summed E-state index contributed by atoms with van der Waals surface area (Å²) in [6, 6.07) is 12.6. The summed E-state index contributed by atoms with van der Waals surface area (Å²) < 4.78 is 0. The molecule has 0 aromatic heterocycles. The number of nitrogens with one attached hydrogen (secondary N) is 1. The van der Waals surface area contributed by atoms with E-state index in [0.29, 0.717) is 6.04 Å². The van der Waals surface area contributed by atoms with Gasteiger partial charge in [0.1, 0.15) is 0 Å². The fraction of sp³-hybridized carbons (Fsp3) is 0.667. The molecule has 0 heterocycles. The van der Waals surface area contributed by atoms with Crippen LogP contribution in [0.3, 0.4) is 0 Å². The molecule has 1 N–H and O–H groups in total. The van der Waals surface area contributed by atoms with Crippen LogP contribution in [0.2, 0.25) is 0 Å². The van der Waals surface area contributed by atoms with E-state index in [1.807, 2.05) is 0 Å². The van der Waals surface area contributed by atoms with Crippen LogP contribution in [0.1, 0.15) is 63.4 Å². The third-order valence-electron chi connectivity index (χ3n) is 5.28. The Morgan fingerprint density at radius 1 is 0.842 bits per heavy atom. The molecule has 0 amide bonds. The second-order valence-corrected chi connectivity index (χ2v) is 6.59. The summed E-state index contributed by atoms with van der Waals surface area (Å²) in [7, 11) is 0. The normalized spacial score (nSPS) is 35.4. The average molecular weight is 257 g/mol. The van der Waals surface area contributed by atoms with E-state index in [9.17, 15) is 0 Å². The molecule has 3 rings (SSSR count). The molecule has 104 valence electrons. The zero-order valence-electron chi connectivity index (χ0n) is 12.1. The predicted octanol–water partition coefficient (Wildman–Crippen LogP) is 4.49. The molecule has 2 saturated carbocycles. The van der Waals surface area contributed by atoms with Crippen LogP contribution in [0.15, 0.2) is 30.3 Å². The van der Waals surface area contributed by atoms with Crippen molar-refractivity contribution >= 4 is 0 Å². The van der Waals surface area contributed by atoms with Crippen molar-refractivity contribution in [2.24, 2.45) is 5.92 Å². The predicted molar refractivity (Wildman–Crippen MR) is 81.4 cm³/mol. The van der Waals surface area contributed by atoms with Crippen molar-refractivity contribution in [1.29, 1.82) is 0 Å². The number of benzene rings is 1. The molecule has 1 aromatic rings. The molecule has 0 aliphatic heterocycles. The molecule has 4 unspecified atom stereocenters. The zero-order chi connectivity index (χ0) is 13.1. The minimum absolute atomic E-state index is 0.710. The molecule has 1 aromatic carbocycles. The van der Waals surface area contributed by atoms with Crippen LogP contribution in [-0.2, 0) is 0 Å². The smallest absolute Gasteiger partial charge is 0.0138 e. The lowest BCUT2D eigenvalue weighted by atomic mass is 9.79. The van der Waals surface area contributed by atoms with Crippen molar-refractivity contribution in [1.82, 2.24) is 5.32 Å². The van der Waals surface area contributed by atoms with Gasteiger partial charge in [-0.2, -0.15) is 0 Å². The fourth-order valence-corrected chi connectivity index (χ4v) is 4.10. The van der Waals surface area contributed by atoms with Gasteiger partial charge in [0.2, 0.25) is 0 Å². The SMILES string of the molecule is CC1CCCC1NC1CCCCC1c1ccccc1. The lowest BCUT2D eigenvalue weighted by Gasteiger charge is -2.36. The molecule has 19 heavy (non-hydrogen) atoms. The summed E-state index contributed by atoms with van der Waals surface area (Å²) in [5, 5.41) is 4.02. The van der Waals surface area contributed by atoms with Crippen LogP contribution in [-0.4, -0.2) is 12.1 Å². The van der Waals surface area contributed by atoms with Crippen LogP contribution in [0.25, 0.3) is 0 Å². The van der Waals surface area contributed by atoms with E-state index in [-0.39, 0.29) is 0 Å². The summed E-state index contributed by atoms with van der Waals surface area (Å²) in [6.07, 6.45) is 9.76. The van der Waals surface area contributed by atoms with Gasteiger partial charge in [-0.3, -0.25) is 0 Å². The molecule has 2 aliphatic carbocycles. The monoisotopic (exact) mass is 257 g/mol. The van der Waals surface area contributed by atoms with Gasteiger partial charge in [-0.15, -0.1) is 0 Å². The van der Waals surface area contributed by atoms with Crippen LogP contribution in [0, 0.1) is 5.92 Å². The first-order chi connectivity index (χ1) is 9.34. The van der Waals surface area contributed by atoms with E-state index < -0.39 is 0 Å². The molecule has 2 aliphatic rings. The van der Waals surface area contributed by atoms with Gasteiger partial charge in [0.25, 0.3) is 0 Å². The maximum absolute atomic E-state index is 4.02. The molecular formula is C18H27N. The second-order valence-electron chi connectivity index (χ2n) is 6.59. The highest BCUT2D eigenvalue weighted by atomic mass is 15.0. The van der Waals surface area contributed by atoms with E-state index in [1.165, 1.54) is 44.9 Å². The third kappa shape index (κ3) is 3.02. The molecule has 0 radical (unpaired) electrons. The van der Waals surface area contributed by atoms with Crippen LogP contribution in [0.5, 0.6) is 0 Å². The Balaban J connectivity index is 1.70. The maximum Gasteiger partial charge on any atom is 0.0138 e. The Hall–Kier alpha value is -0.820. The Morgan fingerprint density at radius 2 is 1.58 bits per heavy atom. The molecule has 2 fully saturated rings. The molecule has 0 spiro atoms. The van der Waals surface area contributed by atoms with Gasteiger partial charge in [-0.1, -0.05) is 56.5 Å². The van der Waals surface area contributed by atoms with Crippen molar-refractivity contribution in [2.75, 3.05) is 0 Å². The maximum atomic E-state index is 4.02. The highest BCUT2D eigenvalue weighted by Crippen LogP contribution is 2.35. The van der Waals surface area contributed by atoms with Crippen LogP contribution < -0.4 is 5.32 Å². The highest BCUT2D eigenvalue weighted by molar-refractivity contribution is 5.22. The summed E-state index contributed by atoms with van der Waals surface area (Å²) in [6.45, 7) is 2.42. The van der Waals surface area contributed by atoms with Crippen molar-refractivity contribution in [3.8, 4) is 0 Å². The van der Waals surface area contributed by atoms with Gasteiger partial charge in [0.15, 0.2) is 0 Å². The van der Waals surface area contributed by atoms with Crippen molar-refractivity contribution in [3.05, 3.63) is 35.9 Å². The van der Waals surface area contributed by atoms with Crippen LogP contribution in [0.4, 0.5) is 0 Å². The van der Waals surface area contributed by atoms with E-state index in [2.05, 4.69) is 42.6 Å².